The van der Waals surface area contributed by atoms with Gasteiger partial charge in [0.2, 0.25) is 10.0 Å². The van der Waals surface area contributed by atoms with Crippen molar-refractivity contribution in [3.63, 3.8) is 0 Å². The Bertz CT molecular complexity index is 614. The second kappa shape index (κ2) is 6.55. The first-order chi connectivity index (χ1) is 9.95. The van der Waals surface area contributed by atoms with Crippen LogP contribution < -0.4 is 0 Å². The van der Waals surface area contributed by atoms with E-state index < -0.39 is 21.9 Å². The monoisotopic (exact) mass is 313 g/mol. The van der Waals surface area contributed by atoms with E-state index in [1.807, 2.05) is 0 Å². The average molecular weight is 313 g/mol. The lowest BCUT2D eigenvalue weighted by atomic mass is 9.91. The average Bonchev–Trinajstić information content (AvgIpc) is 2.46. The van der Waals surface area contributed by atoms with E-state index in [2.05, 4.69) is 0 Å². The summed E-state index contributed by atoms with van der Waals surface area (Å²) in [5.74, 6) is -1.96. The lowest BCUT2D eigenvalue weighted by molar-refractivity contribution is -0.139. The van der Waals surface area contributed by atoms with Crippen LogP contribution in [0.5, 0.6) is 0 Å². The molecule has 0 saturated heterocycles. The minimum absolute atomic E-state index is 0.0270. The highest BCUT2D eigenvalue weighted by atomic mass is 32.2. The number of hydrogen-bond acceptors (Lipinski definition) is 4. The molecule has 1 heterocycles. The molecule has 0 radical (unpaired) electrons. The smallest absolute Gasteiger partial charge is 0.312 e. The lowest BCUT2D eigenvalue weighted by Gasteiger charge is -2.31. The fourth-order valence-electron chi connectivity index (χ4n) is 2.44. The first kappa shape index (κ1) is 15.9. The van der Waals surface area contributed by atoms with Crippen LogP contribution in [0.2, 0.25) is 0 Å². The summed E-state index contributed by atoms with van der Waals surface area (Å²) in [6.45, 7) is 2.56. The molecule has 1 aromatic rings. The van der Waals surface area contributed by atoms with Crippen LogP contribution in [0.3, 0.4) is 0 Å². The Hall–Kier alpha value is -1.44. The third-order valence-electron chi connectivity index (χ3n) is 3.54. The maximum atomic E-state index is 12.3. The minimum Gasteiger partial charge on any atom is -0.481 e. The molecule has 1 aliphatic heterocycles. The Kier molecular flexibility index (Phi) is 4.97. The molecule has 21 heavy (non-hydrogen) atoms. The van der Waals surface area contributed by atoms with Crippen molar-refractivity contribution >= 4 is 16.0 Å². The van der Waals surface area contributed by atoms with Gasteiger partial charge in [-0.05, 0) is 18.1 Å². The lowest BCUT2D eigenvalue weighted by Crippen LogP contribution is -2.42. The molecule has 1 aliphatic rings. The van der Waals surface area contributed by atoms with Crippen LogP contribution in [0, 0.1) is 0 Å². The van der Waals surface area contributed by atoms with Crippen molar-refractivity contribution in [2.45, 2.75) is 19.4 Å². The van der Waals surface area contributed by atoms with E-state index >= 15 is 0 Å². The van der Waals surface area contributed by atoms with E-state index in [1.54, 1.807) is 31.2 Å². The number of ether oxygens (including phenoxy) is 1. The van der Waals surface area contributed by atoms with Crippen molar-refractivity contribution < 1.29 is 23.1 Å². The molecule has 0 aromatic heterocycles. The minimum atomic E-state index is -3.52. The number of fused-ring (bicyclic) bond motifs is 1. The van der Waals surface area contributed by atoms with Crippen molar-refractivity contribution in [1.29, 1.82) is 0 Å². The molecule has 1 atom stereocenters. The van der Waals surface area contributed by atoms with Crippen LogP contribution in [0.1, 0.15) is 24.0 Å². The van der Waals surface area contributed by atoms with Crippen molar-refractivity contribution in [1.82, 2.24) is 4.31 Å². The summed E-state index contributed by atoms with van der Waals surface area (Å²) in [5.41, 5.74) is 1.44. The van der Waals surface area contributed by atoms with Gasteiger partial charge in [0, 0.05) is 19.7 Å². The molecule has 0 spiro atoms. The predicted octanol–water partition coefficient (Wildman–Crippen LogP) is 1.04. The second-order valence-electron chi connectivity index (χ2n) is 4.90. The molecule has 7 heteroatoms. The van der Waals surface area contributed by atoms with E-state index in [0.29, 0.717) is 12.2 Å². The fourth-order valence-corrected chi connectivity index (χ4v) is 3.73. The standard InChI is InChI=1S/C14H19NO5S/c1-2-20-7-8-21(18,19)15-9-11-5-3-4-6-12(11)13(10-15)14(16)17/h3-6,13H,2,7-10H2,1H3,(H,16,17). The third kappa shape index (κ3) is 3.61. The molecule has 1 unspecified atom stereocenters. The first-order valence-corrected chi connectivity index (χ1v) is 8.42. The highest BCUT2D eigenvalue weighted by Gasteiger charge is 2.35. The number of sulfonamides is 1. The van der Waals surface area contributed by atoms with Gasteiger partial charge in [-0.1, -0.05) is 24.3 Å². The molecule has 1 aromatic carbocycles. The quantitative estimate of drug-likeness (QED) is 0.793. The largest absolute Gasteiger partial charge is 0.481 e. The van der Waals surface area contributed by atoms with Crippen LogP contribution in [-0.4, -0.2) is 49.3 Å². The summed E-state index contributed by atoms with van der Waals surface area (Å²) < 4.78 is 30.9. The topological polar surface area (TPSA) is 83.9 Å². The predicted molar refractivity (Wildman–Crippen MR) is 77.5 cm³/mol. The third-order valence-corrected chi connectivity index (χ3v) is 5.29. The van der Waals surface area contributed by atoms with Gasteiger partial charge in [-0.25, -0.2) is 8.42 Å². The summed E-state index contributed by atoms with van der Waals surface area (Å²) in [6, 6.07) is 7.08. The van der Waals surface area contributed by atoms with Crippen LogP contribution in [-0.2, 0) is 26.1 Å². The molecule has 6 nitrogen and oxygen atoms in total. The van der Waals surface area contributed by atoms with Gasteiger partial charge < -0.3 is 9.84 Å². The van der Waals surface area contributed by atoms with Gasteiger partial charge >= 0.3 is 5.97 Å². The first-order valence-electron chi connectivity index (χ1n) is 6.82. The number of hydrogen-bond donors (Lipinski definition) is 1. The number of aliphatic carboxylic acids is 1. The van der Waals surface area contributed by atoms with Crippen molar-refractivity contribution in [3.05, 3.63) is 35.4 Å². The number of carboxylic acids is 1. The van der Waals surface area contributed by atoms with Crippen LogP contribution in [0.4, 0.5) is 0 Å². The Morgan fingerprint density at radius 2 is 2.14 bits per heavy atom. The van der Waals surface area contributed by atoms with Crippen LogP contribution >= 0.6 is 0 Å². The molecule has 116 valence electrons. The number of nitrogens with zero attached hydrogens (tertiary/aromatic N) is 1. The second-order valence-corrected chi connectivity index (χ2v) is 6.98. The molecule has 0 bridgehead atoms. The summed E-state index contributed by atoms with van der Waals surface area (Å²) in [7, 11) is -3.52. The molecule has 0 saturated carbocycles. The van der Waals surface area contributed by atoms with E-state index in [0.717, 1.165) is 5.56 Å². The molecule has 0 amide bonds. The van der Waals surface area contributed by atoms with Crippen LogP contribution in [0.25, 0.3) is 0 Å². The molecule has 0 aliphatic carbocycles. The molecular formula is C14H19NO5S. The van der Waals surface area contributed by atoms with E-state index in [-0.39, 0.29) is 25.4 Å². The zero-order valence-electron chi connectivity index (χ0n) is 11.9. The van der Waals surface area contributed by atoms with Gasteiger partial charge in [0.25, 0.3) is 0 Å². The maximum Gasteiger partial charge on any atom is 0.312 e. The summed E-state index contributed by atoms with van der Waals surface area (Å²) in [6.07, 6.45) is 0. The number of rotatable bonds is 6. The number of carbonyl (C=O) groups is 1. The van der Waals surface area contributed by atoms with Gasteiger partial charge in [0.15, 0.2) is 0 Å². The Morgan fingerprint density at radius 1 is 1.43 bits per heavy atom. The van der Waals surface area contributed by atoms with Crippen LogP contribution in [0.15, 0.2) is 24.3 Å². The maximum absolute atomic E-state index is 12.3. The van der Waals surface area contributed by atoms with Crippen molar-refractivity contribution in [2.75, 3.05) is 25.5 Å². The Balaban J connectivity index is 2.23. The number of benzene rings is 1. The summed E-state index contributed by atoms with van der Waals surface area (Å²) >= 11 is 0. The molecule has 1 N–H and O–H groups in total. The fraction of sp³-hybridized carbons (Fsp3) is 0.500. The molecule has 2 rings (SSSR count). The van der Waals surface area contributed by atoms with Crippen molar-refractivity contribution in [2.24, 2.45) is 0 Å². The van der Waals surface area contributed by atoms with E-state index in [9.17, 15) is 18.3 Å². The SMILES string of the molecule is CCOCCS(=O)(=O)N1Cc2ccccc2C(C(=O)O)C1. The van der Waals surface area contributed by atoms with Gasteiger partial charge in [0.1, 0.15) is 0 Å². The Labute approximate surface area is 124 Å². The van der Waals surface area contributed by atoms with E-state index in [4.69, 9.17) is 4.74 Å². The summed E-state index contributed by atoms with van der Waals surface area (Å²) in [5, 5.41) is 9.34. The number of carboxylic acid groups (broad SMARTS) is 1. The molecule has 0 fully saturated rings. The zero-order valence-corrected chi connectivity index (χ0v) is 12.7. The summed E-state index contributed by atoms with van der Waals surface area (Å²) in [4.78, 5) is 11.4. The Morgan fingerprint density at radius 3 is 2.81 bits per heavy atom. The zero-order chi connectivity index (χ0) is 15.5. The highest BCUT2D eigenvalue weighted by molar-refractivity contribution is 7.89. The normalized spacial score (nSPS) is 19.2. The van der Waals surface area contributed by atoms with Gasteiger partial charge in [0.05, 0.1) is 18.3 Å². The van der Waals surface area contributed by atoms with E-state index in [1.165, 1.54) is 4.31 Å². The van der Waals surface area contributed by atoms with Gasteiger partial charge in [-0.2, -0.15) is 4.31 Å². The van der Waals surface area contributed by atoms with Crippen molar-refractivity contribution in [3.8, 4) is 0 Å². The van der Waals surface area contributed by atoms with Gasteiger partial charge in [-0.15, -0.1) is 0 Å². The van der Waals surface area contributed by atoms with Gasteiger partial charge in [-0.3, -0.25) is 4.79 Å². The molecular weight excluding hydrogens is 294 g/mol. The highest BCUT2D eigenvalue weighted by Crippen LogP contribution is 2.30.